The number of aromatic nitrogens is 2. The maximum Gasteiger partial charge on any atom is 0.214 e. The van der Waals surface area contributed by atoms with Crippen LogP contribution in [-0.2, 0) is 32.6 Å². The molecule has 14 aliphatic rings. The van der Waals surface area contributed by atoms with Crippen molar-refractivity contribution in [1.82, 2.24) is 0 Å². The summed E-state index contributed by atoms with van der Waals surface area (Å²) in [5.41, 5.74) is 14.9. The van der Waals surface area contributed by atoms with Gasteiger partial charge in [0.15, 0.2) is 25.5 Å². The first-order valence-electron chi connectivity index (χ1n) is 17.9. The van der Waals surface area contributed by atoms with Crippen molar-refractivity contribution in [2.24, 2.45) is 0 Å². The molecule has 0 atom stereocenters. The Morgan fingerprint density at radius 3 is 1.13 bits per heavy atom. The summed E-state index contributed by atoms with van der Waals surface area (Å²) < 4.78 is 4.69. The summed E-state index contributed by atoms with van der Waals surface area (Å²) >= 11 is 0. The molecule has 12 bridgehead atoms. The molecule has 2 N–H and O–H groups in total. The maximum atomic E-state index is 3.72. The monoisotopic (exact) mass is 818 g/mol. The number of halogens is 2. The number of nitrogens with one attached hydrogen (secondary N) is 2. The molecular weight excluding hydrogens is 780 g/mol. The predicted octanol–water partition coefficient (Wildman–Crippen LogP) is 3.47. The van der Waals surface area contributed by atoms with E-state index in [1.54, 1.807) is 0 Å². The largest absolute Gasteiger partial charge is 1.00 e. The Morgan fingerprint density at radius 1 is 0.358 bits per heavy atom. The van der Waals surface area contributed by atoms with Gasteiger partial charge in [0.25, 0.3) is 0 Å². The van der Waals surface area contributed by atoms with E-state index >= 15 is 0 Å². The van der Waals surface area contributed by atoms with Gasteiger partial charge in [0.1, 0.15) is 0 Å². The molecule has 0 saturated heterocycles. The first kappa shape index (κ1) is 36.1. The van der Waals surface area contributed by atoms with Crippen molar-refractivity contribution in [2.75, 3.05) is 10.6 Å². The highest BCUT2D eigenvalue weighted by molar-refractivity contribution is 5.89. The minimum absolute atomic E-state index is 0. The fourth-order valence-electron chi connectivity index (χ4n) is 7.34. The molecule has 0 radical (unpaired) electrons. The summed E-state index contributed by atoms with van der Waals surface area (Å²) in [6.07, 6.45) is 5.33. The molecule has 14 aliphatic heterocycles. The van der Waals surface area contributed by atoms with Gasteiger partial charge in [-0.3, -0.25) is 0 Å². The Kier molecular flexibility index (Phi) is 11.0. The molecule has 6 heteroatoms. The fourth-order valence-corrected chi connectivity index (χ4v) is 7.34. The lowest BCUT2D eigenvalue weighted by Crippen LogP contribution is -3.00. The van der Waals surface area contributed by atoms with Gasteiger partial charge in [0.05, 0.1) is 22.1 Å². The third-order valence-electron chi connectivity index (χ3n) is 10.2. The van der Waals surface area contributed by atoms with Gasteiger partial charge in [-0.15, -0.1) is 0 Å². The normalized spacial score (nSPS) is 12.5. The zero-order valence-electron chi connectivity index (χ0n) is 29.4. The smallest absolute Gasteiger partial charge is 0.214 e. The predicted molar refractivity (Wildman–Crippen MR) is 209 cm³/mol. The van der Waals surface area contributed by atoms with Crippen LogP contribution in [0.2, 0.25) is 0 Å². The molecule has 2 aromatic heterocycles. The van der Waals surface area contributed by atoms with Crippen LogP contribution in [0.4, 0.5) is 11.4 Å². The standard InChI is InChI=1S/C47H38N4.2BrH/c1-3-7-46-42(5-1)44-25-27-50(46)32-38-13-9-34(10-14-38)29-35-11-15-39(16-12-35)33-51-28-26-45(43-6-2-4-8-47(43)51)49-31-37-19-23-41(24-20-37)40-21-17-36(18-22-40)30-48-44;;/h1-28H,29-33H2;2*1H. The molecule has 0 amide bonds. The van der Waals surface area contributed by atoms with E-state index in [1.807, 2.05) is 0 Å². The molecular formula is C47H40Br2N4. The number of hydrogen-bond acceptors (Lipinski definition) is 2. The van der Waals surface area contributed by atoms with E-state index in [0.29, 0.717) is 0 Å². The van der Waals surface area contributed by atoms with Crippen molar-refractivity contribution in [3.63, 3.8) is 0 Å². The molecule has 6 aromatic carbocycles. The van der Waals surface area contributed by atoms with Crippen LogP contribution < -0.4 is 53.7 Å². The number of anilines is 2. The van der Waals surface area contributed by atoms with Gasteiger partial charge < -0.3 is 44.6 Å². The number of hydrogen-bond donors (Lipinski definition) is 2. The molecule has 0 spiro atoms. The van der Waals surface area contributed by atoms with Crippen LogP contribution in [-0.4, -0.2) is 0 Å². The van der Waals surface area contributed by atoms with Crippen LogP contribution in [0, 0.1) is 0 Å². The molecule has 0 saturated carbocycles. The topological polar surface area (TPSA) is 31.8 Å². The molecule has 262 valence electrons. The van der Waals surface area contributed by atoms with E-state index in [0.717, 1.165) is 44.0 Å². The lowest BCUT2D eigenvalue weighted by Gasteiger charge is -2.11. The third kappa shape index (κ3) is 7.90. The van der Waals surface area contributed by atoms with Gasteiger partial charge in [-0.05, 0) is 51.9 Å². The quantitative estimate of drug-likeness (QED) is 0.230. The van der Waals surface area contributed by atoms with Crippen LogP contribution in [0.25, 0.3) is 32.9 Å². The highest BCUT2D eigenvalue weighted by Gasteiger charge is 2.15. The van der Waals surface area contributed by atoms with Crippen molar-refractivity contribution in [3.05, 3.63) is 203 Å². The number of rotatable bonds is 0. The van der Waals surface area contributed by atoms with Gasteiger partial charge >= 0.3 is 0 Å². The summed E-state index contributed by atoms with van der Waals surface area (Å²) in [5.74, 6) is 0. The maximum absolute atomic E-state index is 3.72. The summed E-state index contributed by atoms with van der Waals surface area (Å²) in [6.45, 7) is 3.16. The van der Waals surface area contributed by atoms with Crippen molar-refractivity contribution >= 4 is 33.2 Å². The van der Waals surface area contributed by atoms with Crippen molar-refractivity contribution in [1.29, 1.82) is 0 Å². The number of fused-ring (bicyclic) bond motifs is 1. The lowest BCUT2D eigenvalue weighted by molar-refractivity contribution is -0.662. The van der Waals surface area contributed by atoms with Crippen molar-refractivity contribution < 1.29 is 43.1 Å². The second-order valence-corrected chi connectivity index (χ2v) is 13.7. The van der Waals surface area contributed by atoms with Gasteiger partial charge in [0, 0.05) is 48.5 Å². The number of nitrogens with zero attached hydrogens (tertiary/aromatic N) is 2. The summed E-state index contributed by atoms with van der Waals surface area (Å²) in [7, 11) is 0. The number of para-hydroxylation sites is 2. The Balaban J connectivity index is 0.00000218. The first-order chi connectivity index (χ1) is 25.2. The zero-order chi connectivity index (χ0) is 34.0. The first-order valence-corrected chi connectivity index (χ1v) is 17.9. The van der Waals surface area contributed by atoms with E-state index in [4.69, 9.17) is 0 Å². The lowest BCUT2D eigenvalue weighted by atomic mass is 10.0. The molecule has 0 aliphatic carbocycles. The minimum Gasteiger partial charge on any atom is -1.00 e. The van der Waals surface area contributed by atoms with Gasteiger partial charge in [-0.25, -0.2) is 0 Å². The highest BCUT2D eigenvalue weighted by Crippen LogP contribution is 2.25. The van der Waals surface area contributed by atoms with E-state index in [2.05, 4.69) is 190 Å². The molecule has 8 aromatic rings. The second-order valence-electron chi connectivity index (χ2n) is 13.7. The highest BCUT2D eigenvalue weighted by atomic mass is 79.9. The van der Waals surface area contributed by atoms with Crippen LogP contribution >= 0.6 is 0 Å². The van der Waals surface area contributed by atoms with Crippen molar-refractivity contribution in [3.8, 4) is 11.1 Å². The van der Waals surface area contributed by atoms with Gasteiger partial charge in [0.2, 0.25) is 11.0 Å². The summed E-state index contributed by atoms with van der Waals surface area (Å²) in [4.78, 5) is 0. The van der Waals surface area contributed by atoms with Crippen LogP contribution in [0.1, 0.15) is 33.4 Å². The van der Waals surface area contributed by atoms with E-state index < -0.39 is 0 Å². The Labute approximate surface area is 332 Å². The van der Waals surface area contributed by atoms with Gasteiger partial charge in [-0.1, -0.05) is 121 Å². The minimum atomic E-state index is 0. The molecule has 22 rings (SSSR count). The zero-order valence-corrected chi connectivity index (χ0v) is 32.5. The van der Waals surface area contributed by atoms with Crippen LogP contribution in [0.5, 0.6) is 0 Å². The molecule has 16 heterocycles. The Bertz CT molecular complexity index is 2300. The SMILES string of the molecule is [Br-].[Br-].c1ccc2c(c1)c1cc[n+]2Cc2ccc(cc2)Cc2ccc(cc2)C[n+]2ccc(c3ccccc32)NCc2ccc(cc2)-c2ccc(cc2)CN1. The Hall–Kier alpha value is -5.30. The summed E-state index contributed by atoms with van der Waals surface area (Å²) in [6, 6.07) is 57.8. The number of pyridine rings is 2. The molecule has 0 unspecified atom stereocenters. The van der Waals surface area contributed by atoms with Crippen molar-refractivity contribution in [2.45, 2.75) is 32.6 Å². The second kappa shape index (κ2) is 16.2. The number of benzene rings is 6. The third-order valence-corrected chi connectivity index (χ3v) is 10.2. The molecule has 0 fully saturated rings. The average Bonchev–Trinajstić information content (AvgIpc) is 3.19. The Morgan fingerprint density at radius 2 is 0.717 bits per heavy atom. The van der Waals surface area contributed by atoms with Gasteiger partial charge in [-0.2, -0.15) is 9.13 Å². The van der Waals surface area contributed by atoms with Crippen LogP contribution in [0.15, 0.2) is 170 Å². The molecule has 53 heavy (non-hydrogen) atoms. The summed E-state index contributed by atoms with van der Waals surface area (Å²) in [5, 5.41) is 9.88. The average molecular weight is 821 g/mol. The van der Waals surface area contributed by atoms with Crippen LogP contribution in [0.3, 0.4) is 0 Å². The van der Waals surface area contributed by atoms with E-state index in [9.17, 15) is 0 Å². The van der Waals surface area contributed by atoms with E-state index in [-0.39, 0.29) is 34.0 Å². The molecule has 4 nitrogen and oxygen atoms in total. The fraction of sp³-hybridized carbons (Fsp3) is 0.106. The van der Waals surface area contributed by atoms with E-state index in [1.165, 1.54) is 66.3 Å².